The zero-order chi connectivity index (χ0) is 22.2. The summed E-state index contributed by atoms with van der Waals surface area (Å²) in [5.74, 6) is 0.698. The molecule has 0 saturated carbocycles. The molecule has 3 aromatic heterocycles. The Bertz CT molecular complexity index is 1560. The first-order valence-corrected chi connectivity index (χ1v) is 10.5. The van der Waals surface area contributed by atoms with Crippen LogP contribution in [0, 0.1) is 0 Å². The fourth-order valence-electron chi connectivity index (χ4n) is 4.07. The van der Waals surface area contributed by atoms with Crippen molar-refractivity contribution >= 4 is 68.4 Å². The van der Waals surface area contributed by atoms with Crippen molar-refractivity contribution < 1.29 is 4.74 Å². The highest BCUT2D eigenvalue weighted by atomic mass is 35.5. The van der Waals surface area contributed by atoms with Gasteiger partial charge in [-0.15, -0.1) is 0 Å². The van der Waals surface area contributed by atoms with Crippen molar-refractivity contribution in [1.82, 2.24) is 20.0 Å². The number of aromatic amines is 3. The summed E-state index contributed by atoms with van der Waals surface area (Å²) in [7, 11) is 1.69. The van der Waals surface area contributed by atoms with E-state index in [0.717, 1.165) is 43.7 Å². The second-order valence-corrected chi connectivity index (χ2v) is 7.92. The number of hydrogen-bond donors (Lipinski definition) is 3. The Morgan fingerprint density at radius 2 is 1.81 bits per heavy atom. The van der Waals surface area contributed by atoms with Gasteiger partial charge in [-0.1, -0.05) is 11.6 Å². The first-order chi connectivity index (χ1) is 15.6. The van der Waals surface area contributed by atoms with Crippen molar-refractivity contribution in [2.75, 3.05) is 20.2 Å². The van der Waals surface area contributed by atoms with E-state index in [1.165, 1.54) is 6.07 Å². The van der Waals surface area contributed by atoms with Gasteiger partial charge in [0.15, 0.2) is 5.75 Å². The molecule has 0 bridgehead atoms. The zero-order valence-corrected chi connectivity index (χ0v) is 18.2. The summed E-state index contributed by atoms with van der Waals surface area (Å²) in [5, 5.41) is 9.09. The molecule has 0 radical (unpaired) electrons. The smallest absolute Gasteiger partial charge is 0.248 e. The fourth-order valence-corrected chi connectivity index (χ4v) is 4.24. The van der Waals surface area contributed by atoms with E-state index in [9.17, 15) is 4.79 Å². The highest BCUT2D eigenvalue weighted by Gasteiger charge is 2.18. The molecule has 0 aliphatic rings. The molecule has 0 aliphatic heterocycles. The summed E-state index contributed by atoms with van der Waals surface area (Å²) in [6.07, 6.45) is 2.34. The van der Waals surface area contributed by atoms with Crippen LogP contribution in [0.1, 0.15) is 6.42 Å². The summed E-state index contributed by atoms with van der Waals surface area (Å²) >= 11 is 6.27. The Morgan fingerprint density at radius 1 is 1.03 bits per heavy atom. The third-order valence-corrected chi connectivity index (χ3v) is 5.70. The molecule has 32 heavy (non-hydrogen) atoms. The molecule has 9 heteroatoms. The summed E-state index contributed by atoms with van der Waals surface area (Å²) in [4.78, 5) is 25.8. The first kappa shape index (κ1) is 20.1. The van der Waals surface area contributed by atoms with Crippen LogP contribution in [0.2, 0.25) is 5.02 Å². The number of pyridine rings is 1. The van der Waals surface area contributed by atoms with Crippen LogP contribution in [0.4, 0.5) is 0 Å². The minimum Gasteiger partial charge on any atom is -0.489 e. The lowest BCUT2D eigenvalue weighted by Gasteiger charge is -2.13. The average molecular weight is 449 g/mol. The molecule has 5 rings (SSSR count). The second kappa shape index (κ2) is 8.05. The number of rotatable bonds is 7. The lowest BCUT2D eigenvalue weighted by Crippen LogP contribution is -2.18. The van der Waals surface area contributed by atoms with E-state index in [1.54, 1.807) is 24.5 Å². The maximum atomic E-state index is 12.0. The minimum absolute atomic E-state index is 0.155. The number of H-pyrrole nitrogens is 3. The van der Waals surface area contributed by atoms with E-state index < -0.39 is 0 Å². The average Bonchev–Trinajstić information content (AvgIpc) is 3.33. The van der Waals surface area contributed by atoms with Crippen LogP contribution in [0.25, 0.3) is 43.7 Å². The van der Waals surface area contributed by atoms with Gasteiger partial charge < -0.3 is 19.7 Å². The monoisotopic (exact) mass is 448 g/mol. The van der Waals surface area contributed by atoms with Crippen molar-refractivity contribution in [1.29, 1.82) is 0 Å². The number of nitrogens with zero attached hydrogens (tertiary/aromatic N) is 3. The number of aliphatic imine (C=N–C) groups is 1. The summed E-state index contributed by atoms with van der Waals surface area (Å²) in [6.45, 7) is 4.64. The van der Waals surface area contributed by atoms with E-state index in [4.69, 9.17) is 16.3 Å². The number of aromatic nitrogens is 3. The van der Waals surface area contributed by atoms with Crippen LogP contribution < -0.4 is 10.3 Å². The van der Waals surface area contributed by atoms with Crippen molar-refractivity contribution in [3.8, 4) is 5.75 Å². The Balaban J connectivity index is 1.65. The van der Waals surface area contributed by atoms with Crippen LogP contribution in [0.15, 0.2) is 51.3 Å². The predicted octanol–water partition coefficient (Wildman–Crippen LogP) is 4.64. The number of ether oxygens (including phenoxy) is 1. The quantitative estimate of drug-likeness (QED) is 0.146. The Morgan fingerprint density at radius 3 is 2.62 bits per heavy atom. The molecular weight excluding hydrogens is 428 g/mol. The van der Waals surface area contributed by atoms with Gasteiger partial charge in [0.2, 0.25) is 5.56 Å². The normalized spacial score (nSPS) is 11.9. The maximum absolute atomic E-state index is 12.0. The highest BCUT2D eigenvalue weighted by Crippen LogP contribution is 2.40. The number of fused-ring (bicyclic) bond motifs is 6. The summed E-state index contributed by atoms with van der Waals surface area (Å²) in [6, 6.07) is 11.1. The van der Waals surface area contributed by atoms with Gasteiger partial charge in [0.25, 0.3) is 0 Å². The van der Waals surface area contributed by atoms with Gasteiger partial charge in [-0.2, -0.15) is 5.10 Å². The minimum atomic E-state index is -0.155. The molecule has 8 nitrogen and oxygen atoms in total. The van der Waals surface area contributed by atoms with E-state index >= 15 is 0 Å². The van der Waals surface area contributed by atoms with Crippen LogP contribution >= 0.6 is 11.6 Å². The molecule has 2 aromatic carbocycles. The van der Waals surface area contributed by atoms with Gasteiger partial charge in [0.1, 0.15) is 6.34 Å². The molecule has 5 aromatic rings. The SMILES string of the molecule is C=NN(C=NC)CCCOc1c2[nH]c3ccc(Cl)cc3c2cc2c1[nH]c1ccc(=O)[nH]c12. The fraction of sp³-hybridized carbons (Fsp3) is 0.174. The molecule has 3 N–H and O–H groups in total. The number of halogens is 1. The maximum Gasteiger partial charge on any atom is 0.248 e. The van der Waals surface area contributed by atoms with E-state index in [1.807, 2.05) is 18.2 Å². The van der Waals surface area contributed by atoms with Gasteiger partial charge in [-0.3, -0.25) is 14.8 Å². The molecule has 0 aliphatic carbocycles. The number of benzene rings is 2. The third-order valence-electron chi connectivity index (χ3n) is 5.47. The Labute approximate surface area is 187 Å². The predicted molar refractivity (Wildman–Crippen MR) is 132 cm³/mol. The van der Waals surface area contributed by atoms with Gasteiger partial charge in [-0.05, 0) is 30.3 Å². The Hall–Kier alpha value is -3.78. The number of hydrogen-bond acceptors (Lipinski definition) is 4. The van der Waals surface area contributed by atoms with Gasteiger partial charge in [0.05, 0.1) is 28.7 Å². The van der Waals surface area contributed by atoms with Crippen LogP contribution in [-0.2, 0) is 0 Å². The standard InChI is InChI=1S/C23H21ClN6O2/c1-25-12-30(26-2)8-3-9-32-23-21-15(14-10-13(24)4-5-17(14)27-21)11-16-20-18(28-22(16)23)6-7-19(31)29-20/h4-7,10-12,27-28H,2-3,8-9H2,1H3,(H,29,31). The third kappa shape index (κ3) is 3.38. The molecule has 0 unspecified atom stereocenters. The molecule has 0 amide bonds. The summed E-state index contributed by atoms with van der Waals surface area (Å²) < 4.78 is 6.30. The highest BCUT2D eigenvalue weighted by molar-refractivity contribution is 6.32. The molecule has 0 saturated heterocycles. The number of hydrazone groups is 1. The lowest BCUT2D eigenvalue weighted by atomic mass is 10.1. The Kier molecular flexibility index (Phi) is 5.07. The summed E-state index contributed by atoms with van der Waals surface area (Å²) in [5.41, 5.74) is 4.08. The molecule has 162 valence electrons. The van der Waals surface area contributed by atoms with Gasteiger partial charge >= 0.3 is 0 Å². The first-order valence-electron chi connectivity index (χ1n) is 10.2. The van der Waals surface area contributed by atoms with Gasteiger partial charge in [0, 0.05) is 59.5 Å². The van der Waals surface area contributed by atoms with Crippen LogP contribution in [0.5, 0.6) is 5.75 Å². The second-order valence-electron chi connectivity index (χ2n) is 7.48. The largest absolute Gasteiger partial charge is 0.489 e. The van der Waals surface area contributed by atoms with Crippen LogP contribution in [0.3, 0.4) is 0 Å². The van der Waals surface area contributed by atoms with Gasteiger partial charge in [-0.25, -0.2) is 0 Å². The van der Waals surface area contributed by atoms with E-state index in [2.05, 4.69) is 37.8 Å². The zero-order valence-electron chi connectivity index (χ0n) is 17.4. The lowest BCUT2D eigenvalue weighted by molar-refractivity contribution is 0.295. The number of nitrogens with one attached hydrogen (secondary N) is 3. The van der Waals surface area contributed by atoms with Crippen molar-refractivity contribution in [3.63, 3.8) is 0 Å². The van der Waals surface area contributed by atoms with E-state index in [0.29, 0.717) is 30.3 Å². The van der Waals surface area contributed by atoms with Crippen LogP contribution in [-0.4, -0.2) is 53.2 Å². The van der Waals surface area contributed by atoms with Crippen molar-refractivity contribution in [3.05, 3.63) is 51.8 Å². The van der Waals surface area contributed by atoms with Crippen molar-refractivity contribution in [2.45, 2.75) is 6.42 Å². The topological polar surface area (TPSA) is 102 Å². The molecule has 0 fully saturated rings. The molecule has 3 heterocycles. The van der Waals surface area contributed by atoms with E-state index in [-0.39, 0.29) is 5.56 Å². The van der Waals surface area contributed by atoms with Crippen molar-refractivity contribution in [2.24, 2.45) is 10.1 Å². The molecule has 0 spiro atoms. The molecule has 0 atom stereocenters. The molecular formula is C23H21ClN6O2.